The lowest BCUT2D eigenvalue weighted by Gasteiger charge is -2.36. The van der Waals surface area contributed by atoms with Gasteiger partial charge in [-0.2, -0.15) is 0 Å². The Balaban J connectivity index is 1.61. The van der Waals surface area contributed by atoms with Crippen LogP contribution in [0.25, 0.3) is 0 Å². The van der Waals surface area contributed by atoms with Crippen molar-refractivity contribution in [3.05, 3.63) is 58.6 Å². The van der Waals surface area contributed by atoms with Crippen molar-refractivity contribution in [1.82, 2.24) is 4.90 Å². The lowest BCUT2D eigenvalue weighted by molar-refractivity contribution is -0.130. The zero-order valence-corrected chi connectivity index (χ0v) is 15.4. The predicted octanol–water partition coefficient (Wildman–Crippen LogP) is 3.55. The van der Waals surface area contributed by atoms with E-state index in [0.29, 0.717) is 11.4 Å². The molecule has 0 atom stereocenters. The molecule has 1 saturated heterocycles. The number of methoxy groups -OCH3 is 1. The van der Waals surface area contributed by atoms with Gasteiger partial charge in [-0.1, -0.05) is 29.8 Å². The molecule has 0 aromatic heterocycles. The van der Waals surface area contributed by atoms with Gasteiger partial charge in [0, 0.05) is 31.2 Å². The molecule has 2 aromatic rings. The van der Waals surface area contributed by atoms with Crippen LogP contribution in [0, 0.1) is 6.92 Å². The second kappa shape index (κ2) is 7.79. The van der Waals surface area contributed by atoms with Crippen molar-refractivity contribution in [2.75, 3.05) is 38.2 Å². The average molecular weight is 359 g/mol. The second-order valence-corrected chi connectivity index (χ2v) is 6.78. The Morgan fingerprint density at radius 2 is 1.76 bits per heavy atom. The van der Waals surface area contributed by atoms with Crippen molar-refractivity contribution >= 4 is 23.2 Å². The minimum Gasteiger partial charge on any atom is -0.495 e. The summed E-state index contributed by atoms with van der Waals surface area (Å²) in [5.74, 6) is 1.05. The lowest BCUT2D eigenvalue weighted by Crippen LogP contribution is -2.49. The predicted molar refractivity (Wildman–Crippen MR) is 102 cm³/mol. The molecule has 0 bridgehead atoms. The molecule has 5 heteroatoms. The highest BCUT2D eigenvalue weighted by atomic mass is 35.5. The number of benzene rings is 2. The number of aryl methyl sites for hydroxylation is 1. The first-order valence-corrected chi connectivity index (χ1v) is 8.86. The molecule has 4 nitrogen and oxygen atoms in total. The number of halogens is 1. The van der Waals surface area contributed by atoms with E-state index in [0.717, 1.165) is 43.2 Å². The Hall–Kier alpha value is -2.20. The van der Waals surface area contributed by atoms with E-state index in [-0.39, 0.29) is 5.91 Å². The van der Waals surface area contributed by atoms with Gasteiger partial charge in [0.1, 0.15) is 5.75 Å². The van der Waals surface area contributed by atoms with Gasteiger partial charge in [0.25, 0.3) is 0 Å². The number of anilines is 1. The van der Waals surface area contributed by atoms with Crippen molar-refractivity contribution < 1.29 is 9.53 Å². The highest BCUT2D eigenvalue weighted by Crippen LogP contribution is 2.30. The Bertz CT molecular complexity index is 738. The molecule has 25 heavy (non-hydrogen) atoms. The number of carbonyl (C=O) groups excluding carboxylic acids is 1. The molecular weight excluding hydrogens is 336 g/mol. The van der Waals surface area contributed by atoms with Gasteiger partial charge in [0.05, 0.1) is 19.2 Å². The molecule has 0 saturated carbocycles. The van der Waals surface area contributed by atoms with E-state index in [1.165, 1.54) is 5.56 Å². The van der Waals surface area contributed by atoms with Crippen LogP contribution in [0.1, 0.15) is 11.1 Å². The van der Waals surface area contributed by atoms with Crippen LogP contribution in [0.2, 0.25) is 5.02 Å². The quantitative estimate of drug-likeness (QED) is 0.838. The molecule has 1 aliphatic rings. The summed E-state index contributed by atoms with van der Waals surface area (Å²) < 4.78 is 5.48. The third kappa shape index (κ3) is 4.26. The fourth-order valence-corrected chi connectivity index (χ4v) is 3.26. The van der Waals surface area contributed by atoms with Gasteiger partial charge in [-0.05, 0) is 42.3 Å². The number of carbonyl (C=O) groups is 1. The largest absolute Gasteiger partial charge is 0.495 e. The highest BCUT2D eigenvalue weighted by molar-refractivity contribution is 6.30. The fraction of sp³-hybridized carbons (Fsp3) is 0.350. The summed E-state index contributed by atoms with van der Waals surface area (Å²) in [6.07, 6.45) is 0.422. The lowest BCUT2D eigenvalue weighted by atomic mass is 10.1. The summed E-state index contributed by atoms with van der Waals surface area (Å²) in [6, 6.07) is 13.7. The summed E-state index contributed by atoms with van der Waals surface area (Å²) in [6.45, 7) is 5.15. The maximum atomic E-state index is 12.5. The summed E-state index contributed by atoms with van der Waals surface area (Å²) in [4.78, 5) is 16.8. The zero-order chi connectivity index (χ0) is 17.8. The summed E-state index contributed by atoms with van der Waals surface area (Å²) >= 11 is 5.90. The van der Waals surface area contributed by atoms with E-state index >= 15 is 0 Å². The number of hydrogen-bond acceptors (Lipinski definition) is 3. The molecule has 2 aromatic carbocycles. The van der Waals surface area contributed by atoms with Gasteiger partial charge in [0.2, 0.25) is 5.91 Å². The smallest absolute Gasteiger partial charge is 0.227 e. The minimum atomic E-state index is 0.165. The Kier molecular flexibility index (Phi) is 5.49. The molecule has 132 valence electrons. The van der Waals surface area contributed by atoms with E-state index in [1.807, 2.05) is 41.3 Å². The maximum Gasteiger partial charge on any atom is 0.227 e. The first-order chi connectivity index (χ1) is 12.1. The first-order valence-electron chi connectivity index (χ1n) is 8.48. The molecule has 0 N–H and O–H groups in total. The van der Waals surface area contributed by atoms with E-state index in [4.69, 9.17) is 16.3 Å². The molecule has 0 unspecified atom stereocenters. The Morgan fingerprint density at radius 1 is 1.08 bits per heavy atom. The van der Waals surface area contributed by atoms with Gasteiger partial charge < -0.3 is 14.5 Å². The van der Waals surface area contributed by atoms with Crippen molar-refractivity contribution in [2.24, 2.45) is 0 Å². The van der Waals surface area contributed by atoms with Crippen LogP contribution in [-0.4, -0.2) is 44.1 Å². The van der Waals surface area contributed by atoms with Crippen LogP contribution < -0.4 is 9.64 Å². The zero-order valence-electron chi connectivity index (χ0n) is 14.7. The standard InChI is InChI=1S/C20H23ClN2O2/c1-15-3-8-19(25-2)18(13-15)22-9-11-23(12-10-22)20(24)14-16-4-6-17(21)7-5-16/h3-8,13H,9-12,14H2,1-2H3. The normalized spacial score (nSPS) is 14.5. The summed E-state index contributed by atoms with van der Waals surface area (Å²) in [5.41, 5.74) is 3.31. The van der Waals surface area contributed by atoms with E-state index < -0.39 is 0 Å². The van der Waals surface area contributed by atoms with Crippen LogP contribution in [0.4, 0.5) is 5.69 Å². The van der Waals surface area contributed by atoms with Crippen LogP contribution >= 0.6 is 11.6 Å². The van der Waals surface area contributed by atoms with Crippen LogP contribution in [0.15, 0.2) is 42.5 Å². The molecule has 1 heterocycles. The van der Waals surface area contributed by atoms with Gasteiger partial charge in [-0.15, -0.1) is 0 Å². The van der Waals surface area contributed by atoms with Crippen molar-refractivity contribution in [3.63, 3.8) is 0 Å². The third-order valence-electron chi connectivity index (χ3n) is 4.58. The average Bonchev–Trinajstić information content (AvgIpc) is 2.63. The molecule has 1 amide bonds. The first kappa shape index (κ1) is 17.6. The van der Waals surface area contributed by atoms with E-state index in [1.54, 1.807) is 7.11 Å². The number of piperazine rings is 1. The second-order valence-electron chi connectivity index (χ2n) is 6.35. The number of nitrogens with zero attached hydrogens (tertiary/aromatic N) is 2. The van der Waals surface area contributed by atoms with Gasteiger partial charge in [-0.25, -0.2) is 0 Å². The summed E-state index contributed by atoms with van der Waals surface area (Å²) in [7, 11) is 1.69. The number of rotatable bonds is 4. The Labute approximate surface area is 154 Å². The maximum absolute atomic E-state index is 12.5. The highest BCUT2D eigenvalue weighted by Gasteiger charge is 2.23. The van der Waals surface area contributed by atoms with Crippen LogP contribution in [-0.2, 0) is 11.2 Å². The van der Waals surface area contributed by atoms with Gasteiger partial charge >= 0.3 is 0 Å². The SMILES string of the molecule is COc1ccc(C)cc1N1CCN(C(=O)Cc2ccc(Cl)cc2)CC1. The molecule has 3 rings (SSSR count). The van der Waals surface area contributed by atoms with Gasteiger partial charge in [0.15, 0.2) is 0 Å². The van der Waals surface area contributed by atoms with Crippen LogP contribution in [0.5, 0.6) is 5.75 Å². The van der Waals surface area contributed by atoms with Gasteiger partial charge in [-0.3, -0.25) is 4.79 Å². The number of amides is 1. The molecule has 0 radical (unpaired) electrons. The van der Waals surface area contributed by atoms with E-state index in [9.17, 15) is 4.79 Å². The molecule has 1 fully saturated rings. The van der Waals surface area contributed by atoms with Crippen molar-refractivity contribution in [3.8, 4) is 5.75 Å². The number of hydrogen-bond donors (Lipinski definition) is 0. The Morgan fingerprint density at radius 3 is 2.40 bits per heavy atom. The molecular formula is C20H23ClN2O2. The summed E-state index contributed by atoms with van der Waals surface area (Å²) in [5, 5.41) is 0.692. The monoisotopic (exact) mass is 358 g/mol. The molecule has 1 aliphatic heterocycles. The molecule has 0 spiro atoms. The topological polar surface area (TPSA) is 32.8 Å². The van der Waals surface area contributed by atoms with Crippen molar-refractivity contribution in [2.45, 2.75) is 13.3 Å². The molecule has 0 aliphatic carbocycles. The van der Waals surface area contributed by atoms with Crippen molar-refractivity contribution in [1.29, 1.82) is 0 Å². The van der Waals surface area contributed by atoms with E-state index in [2.05, 4.69) is 17.9 Å². The fourth-order valence-electron chi connectivity index (χ4n) is 3.13. The minimum absolute atomic E-state index is 0.165. The third-order valence-corrected chi connectivity index (χ3v) is 4.83. The number of ether oxygens (including phenoxy) is 1. The van der Waals surface area contributed by atoms with Crippen LogP contribution in [0.3, 0.4) is 0 Å².